The minimum atomic E-state index is -0.650. The highest BCUT2D eigenvalue weighted by Gasteiger charge is 2.26. The van der Waals surface area contributed by atoms with Crippen molar-refractivity contribution in [2.75, 3.05) is 18.9 Å². The van der Waals surface area contributed by atoms with Crippen LogP contribution in [0.3, 0.4) is 0 Å². The summed E-state index contributed by atoms with van der Waals surface area (Å²) in [5, 5.41) is 15.7. The Kier molecular flexibility index (Phi) is 6.02. The number of nitrogens with one attached hydrogen (secondary N) is 2. The van der Waals surface area contributed by atoms with E-state index in [9.17, 15) is 4.79 Å². The zero-order valence-corrected chi connectivity index (χ0v) is 16.4. The number of aromatic nitrogens is 4. The van der Waals surface area contributed by atoms with Crippen LogP contribution in [-0.4, -0.2) is 45.4 Å². The third-order valence-corrected chi connectivity index (χ3v) is 4.50. The summed E-state index contributed by atoms with van der Waals surface area (Å²) in [6.45, 7) is 1.01. The Hall–Kier alpha value is -4.01. The Bertz CT molecular complexity index is 1110. The molecular weight excluding hydrogens is 402 g/mol. The summed E-state index contributed by atoms with van der Waals surface area (Å²) >= 11 is 0. The number of aromatic amines is 1. The number of carbonyl (C=O) groups is 1. The molecule has 1 aromatic carbocycles. The normalized spacial score (nSPS) is 15.4. The van der Waals surface area contributed by atoms with Crippen LogP contribution in [0.15, 0.2) is 36.5 Å². The largest absolute Gasteiger partial charge is 0.471 e. The molecule has 0 radical (unpaired) electrons. The average molecular weight is 421 g/mol. The molecule has 2 aromatic heterocycles. The van der Waals surface area contributed by atoms with Gasteiger partial charge in [-0.15, -0.1) is 0 Å². The fourth-order valence-electron chi connectivity index (χ4n) is 2.97. The number of H-pyrrole nitrogens is 1. The van der Waals surface area contributed by atoms with Gasteiger partial charge < -0.3 is 15.2 Å². The molecule has 1 aliphatic rings. The highest BCUT2D eigenvalue weighted by molar-refractivity contribution is 6.00. The minimum absolute atomic E-state index is 0.0167. The number of hydroxylamine groups is 1. The second-order valence-electron chi connectivity index (χ2n) is 6.71. The number of carbonyl (C=O) groups excluding carboxylic acids is 1. The Morgan fingerprint density at radius 1 is 1.39 bits per heavy atom. The molecule has 11 nitrogen and oxygen atoms in total. The Morgan fingerprint density at radius 3 is 3.03 bits per heavy atom. The summed E-state index contributed by atoms with van der Waals surface area (Å²) in [5.74, 6) is -0.478. The van der Waals surface area contributed by atoms with Crippen molar-refractivity contribution in [3.63, 3.8) is 0 Å². The molecule has 0 aliphatic carbocycles. The molecule has 0 spiro atoms. The van der Waals surface area contributed by atoms with Crippen LogP contribution in [0.2, 0.25) is 0 Å². The van der Waals surface area contributed by atoms with Gasteiger partial charge in [0.2, 0.25) is 5.88 Å². The zero-order chi connectivity index (χ0) is 21.6. The number of nitrogen functional groups attached to an aromatic ring is 1. The number of amides is 1. The molecule has 1 saturated heterocycles. The van der Waals surface area contributed by atoms with Crippen LogP contribution in [0.1, 0.15) is 28.0 Å². The molecule has 1 aliphatic heterocycles. The lowest BCUT2D eigenvalue weighted by Gasteiger charge is -2.16. The van der Waals surface area contributed by atoms with Crippen molar-refractivity contribution in [3.8, 4) is 23.3 Å². The van der Waals surface area contributed by atoms with Gasteiger partial charge in [0.25, 0.3) is 5.91 Å². The van der Waals surface area contributed by atoms with E-state index in [0.29, 0.717) is 36.5 Å². The van der Waals surface area contributed by atoms with E-state index >= 15 is 0 Å². The van der Waals surface area contributed by atoms with Crippen molar-refractivity contribution >= 4 is 11.7 Å². The smallest absolute Gasteiger partial charge is 0.284 e. The first-order valence-electron chi connectivity index (χ1n) is 9.47. The molecule has 0 saturated carbocycles. The third-order valence-electron chi connectivity index (χ3n) is 4.50. The quantitative estimate of drug-likeness (QED) is 0.478. The number of nitrogens with two attached hydrogens (primary N) is 1. The molecular formula is C20H19N7O4. The maximum Gasteiger partial charge on any atom is 0.284 e. The van der Waals surface area contributed by atoms with E-state index in [4.69, 9.17) is 25.3 Å². The maximum atomic E-state index is 12.8. The lowest BCUT2D eigenvalue weighted by molar-refractivity contribution is 0.0217. The van der Waals surface area contributed by atoms with Crippen LogP contribution in [0.25, 0.3) is 11.4 Å². The summed E-state index contributed by atoms with van der Waals surface area (Å²) in [6.07, 6.45) is 1.95. The van der Waals surface area contributed by atoms with Gasteiger partial charge in [-0.2, -0.15) is 15.3 Å². The van der Waals surface area contributed by atoms with Crippen LogP contribution in [0, 0.1) is 11.3 Å². The predicted octanol–water partition coefficient (Wildman–Crippen LogP) is 1.35. The van der Waals surface area contributed by atoms with Crippen molar-refractivity contribution in [2.45, 2.75) is 19.1 Å². The van der Waals surface area contributed by atoms with E-state index in [2.05, 4.69) is 31.7 Å². The monoisotopic (exact) mass is 421 g/mol. The Labute approximate surface area is 177 Å². The molecule has 11 heteroatoms. The van der Waals surface area contributed by atoms with Crippen LogP contribution < -0.4 is 16.0 Å². The van der Waals surface area contributed by atoms with E-state index in [1.807, 2.05) is 0 Å². The van der Waals surface area contributed by atoms with Gasteiger partial charge in [-0.1, -0.05) is 12.1 Å². The molecule has 0 bridgehead atoms. The highest BCUT2D eigenvalue weighted by Crippen LogP contribution is 2.28. The van der Waals surface area contributed by atoms with Gasteiger partial charge in [0, 0.05) is 18.2 Å². The minimum Gasteiger partial charge on any atom is -0.471 e. The van der Waals surface area contributed by atoms with Crippen LogP contribution in [0.5, 0.6) is 5.88 Å². The zero-order valence-electron chi connectivity index (χ0n) is 16.4. The summed E-state index contributed by atoms with van der Waals surface area (Å²) < 4.78 is 11.3. The molecule has 0 unspecified atom stereocenters. The number of ether oxygens (including phenoxy) is 2. The molecule has 3 heterocycles. The summed E-state index contributed by atoms with van der Waals surface area (Å²) in [4.78, 5) is 26.6. The molecule has 158 valence electrons. The topological polar surface area (TPSA) is 161 Å². The standard InChI is InChI=1S/C20H19N7O4/c21-9-12-2-1-3-13(8-12)18-24-17(22)16(20(25-18)31-15-5-7-29-11-15)19(28)27-30-10-14-4-6-23-26-14/h1-4,6,8,15H,5,7,10-11H2,(H,23,26)(H,27,28)(H2,22,24,25)/t15-/m0/s1. The second-order valence-corrected chi connectivity index (χ2v) is 6.71. The summed E-state index contributed by atoms with van der Waals surface area (Å²) in [5.41, 5.74) is 10.1. The number of nitriles is 1. The first kappa shape index (κ1) is 20.3. The molecule has 4 N–H and O–H groups in total. The lowest BCUT2D eigenvalue weighted by atomic mass is 10.1. The molecule has 1 atom stereocenters. The van der Waals surface area contributed by atoms with Gasteiger partial charge in [-0.25, -0.2) is 10.5 Å². The van der Waals surface area contributed by atoms with E-state index in [0.717, 1.165) is 0 Å². The number of nitrogens with zero attached hydrogens (tertiary/aromatic N) is 4. The molecule has 3 aromatic rings. The van der Waals surface area contributed by atoms with E-state index in [-0.39, 0.29) is 35.8 Å². The van der Waals surface area contributed by atoms with Crippen molar-refractivity contribution < 1.29 is 19.1 Å². The van der Waals surface area contributed by atoms with E-state index < -0.39 is 5.91 Å². The van der Waals surface area contributed by atoms with Crippen LogP contribution in [0.4, 0.5) is 5.82 Å². The van der Waals surface area contributed by atoms with Gasteiger partial charge in [-0.3, -0.25) is 14.7 Å². The highest BCUT2D eigenvalue weighted by atomic mass is 16.7. The molecule has 1 fully saturated rings. The first-order chi connectivity index (χ1) is 15.1. The third kappa shape index (κ3) is 4.77. The Morgan fingerprint density at radius 2 is 2.29 bits per heavy atom. The predicted molar refractivity (Wildman–Crippen MR) is 107 cm³/mol. The number of rotatable bonds is 7. The number of benzene rings is 1. The van der Waals surface area contributed by atoms with Crippen molar-refractivity contribution in [2.24, 2.45) is 0 Å². The van der Waals surface area contributed by atoms with Crippen molar-refractivity contribution in [1.82, 2.24) is 25.6 Å². The maximum absolute atomic E-state index is 12.8. The van der Waals surface area contributed by atoms with Gasteiger partial charge in [0.15, 0.2) is 5.82 Å². The van der Waals surface area contributed by atoms with Crippen molar-refractivity contribution in [3.05, 3.63) is 53.3 Å². The van der Waals surface area contributed by atoms with Crippen LogP contribution >= 0.6 is 0 Å². The number of hydrogen-bond acceptors (Lipinski definition) is 9. The van der Waals surface area contributed by atoms with Crippen molar-refractivity contribution in [1.29, 1.82) is 5.26 Å². The Balaban J connectivity index is 1.62. The SMILES string of the molecule is N#Cc1cccc(-c2nc(N)c(C(=O)NOCc3ccn[nH]3)c(O[C@H]3CCOC3)n2)c1. The van der Waals surface area contributed by atoms with Gasteiger partial charge in [0.1, 0.15) is 24.1 Å². The fraction of sp³-hybridized carbons (Fsp3) is 0.250. The van der Waals surface area contributed by atoms with Crippen LogP contribution in [-0.2, 0) is 16.2 Å². The first-order valence-corrected chi connectivity index (χ1v) is 9.47. The summed E-state index contributed by atoms with van der Waals surface area (Å²) in [7, 11) is 0. The van der Waals surface area contributed by atoms with Gasteiger partial charge in [0.05, 0.1) is 30.5 Å². The fourth-order valence-corrected chi connectivity index (χ4v) is 2.97. The summed E-state index contributed by atoms with van der Waals surface area (Å²) in [6, 6.07) is 10.5. The van der Waals surface area contributed by atoms with Gasteiger partial charge in [-0.05, 0) is 18.2 Å². The van der Waals surface area contributed by atoms with E-state index in [1.165, 1.54) is 0 Å². The van der Waals surface area contributed by atoms with E-state index in [1.54, 1.807) is 36.5 Å². The molecule has 4 rings (SSSR count). The molecule has 31 heavy (non-hydrogen) atoms. The van der Waals surface area contributed by atoms with Gasteiger partial charge >= 0.3 is 0 Å². The number of anilines is 1. The molecule has 1 amide bonds. The number of hydrogen-bond donors (Lipinski definition) is 3. The second kappa shape index (κ2) is 9.21. The lowest BCUT2D eigenvalue weighted by Crippen LogP contribution is -2.28. The average Bonchev–Trinajstić information content (AvgIpc) is 3.48.